The maximum atomic E-state index is 9.78. The van der Waals surface area contributed by atoms with Gasteiger partial charge < -0.3 is 14.8 Å². The Hall–Kier alpha value is -2.16. The lowest BCUT2D eigenvalue weighted by molar-refractivity contribution is 0.475. The Morgan fingerprint density at radius 1 is 0.810 bits per heavy atom. The van der Waals surface area contributed by atoms with Crippen molar-refractivity contribution < 1.29 is 10.2 Å². The van der Waals surface area contributed by atoms with Crippen molar-refractivity contribution in [3.63, 3.8) is 0 Å². The Morgan fingerprint density at radius 2 is 1.38 bits per heavy atom. The van der Waals surface area contributed by atoms with E-state index in [-0.39, 0.29) is 11.5 Å². The Morgan fingerprint density at radius 3 is 1.90 bits per heavy atom. The highest BCUT2D eigenvalue weighted by Crippen LogP contribution is 2.33. The summed E-state index contributed by atoms with van der Waals surface area (Å²) in [6.07, 6.45) is 4.77. The van der Waals surface area contributed by atoms with Gasteiger partial charge in [0.15, 0.2) is 0 Å². The highest BCUT2D eigenvalue weighted by molar-refractivity contribution is 6.08. The van der Waals surface area contributed by atoms with Crippen molar-refractivity contribution in [1.82, 2.24) is 4.57 Å². The largest absolute Gasteiger partial charge is 0.508 e. The van der Waals surface area contributed by atoms with Crippen molar-refractivity contribution in [3.8, 4) is 11.5 Å². The van der Waals surface area contributed by atoms with Gasteiger partial charge in [0.25, 0.3) is 0 Å². The topological polar surface area (TPSA) is 45.4 Å². The molecule has 3 nitrogen and oxygen atoms in total. The van der Waals surface area contributed by atoms with E-state index in [1.165, 1.54) is 19.3 Å². The van der Waals surface area contributed by atoms with Crippen LogP contribution in [0.3, 0.4) is 0 Å². The number of rotatable bonds is 5. The molecular weight excluding hydrogens is 262 g/mol. The number of fused-ring (bicyclic) bond motifs is 3. The van der Waals surface area contributed by atoms with Crippen LogP contribution in [-0.2, 0) is 6.54 Å². The number of phenols is 2. The Balaban J connectivity index is 2.12. The van der Waals surface area contributed by atoms with Gasteiger partial charge >= 0.3 is 0 Å². The second-order valence-electron chi connectivity index (χ2n) is 5.62. The number of aryl methyl sites for hydroxylation is 1. The standard InChI is InChI=1S/C18H21NO2/c1-2-3-4-5-10-19-17-11-13(20)6-8-15(17)16-9-7-14(21)12-18(16)19/h6-9,11-12,20-21H,2-5,10H2,1H3. The SMILES string of the molecule is CCCCCCn1c2cc(O)ccc2c2ccc(O)cc21. The lowest BCUT2D eigenvalue weighted by atomic mass is 10.1. The summed E-state index contributed by atoms with van der Waals surface area (Å²) < 4.78 is 2.21. The molecule has 0 unspecified atom stereocenters. The van der Waals surface area contributed by atoms with Crippen LogP contribution in [0, 0.1) is 0 Å². The fraction of sp³-hybridized carbons (Fsp3) is 0.333. The molecule has 21 heavy (non-hydrogen) atoms. The van der Waals surface area contributed by atoms with Gasteiger partial charge in [-0.05, 0) is 30.7 Å². The summed E-state index contributed by atoms with van der Waals surface area (Å²) in [7, 11) is 0. The molecule has 3 aromatic rings. The van der Waals surface area contributed by atoms with Crippen molar-refractivity contribution in [2.75, 3.05) is 0 Å². The van der Waals surface area contributed by atoms with Crippen LogP contribution in [0.1, 0.15) is 32.6 Å². The van der Waals surface area contributed by atoms with Gasteiger partial charge in [-0.3, -0.25) is 0 Å². The number of aromatic nitrogens is 1. The van der Waals surface area contributed by atoms with Crippen molar-refractivity contribution in [2.24, 2.45) is 0 Å². The van der Waals surface area contributed by atoms with E-state index < -0.39 is 0 Å². The minimum atomic E-state index is 0.282. The van der Waals surface area contributed by atoms with E-state index >= 15 is 0 Å². The second-order valence-corrected chi connectivity index (χ2v) is 5.62. The van der Waals surface area contributed by atoms with E-state index in [9.17, 15) is 10.2 Å². The lowest BCUT2D eigenvalue weighted by Crippen LogP contribution is -1.97. The zero-order valence-electron chi connectivity index (χ0n) is 12.3. The third-order valence-electron chi connectivity index (χ3n) is 4.07. The van der Waals surface area contributed by atoms with Crippen LogP contribution in [0.4, 0.5) is 0 Å². The number of aromatic hydroxyl groups is 2. The number of nitrogens with zero attached hydrogens (tertiary/aromatic N) is 1. The maximum Gasteiger partial charge on any atom is 0.117 e. The average molecular weight is 283 g/mol. The summed E-state index contributed by atoms with van der Waals surface area (Å²) in [4.78, 5) is 0. The molecule has 3 rings (SSSR count). The fourth-order valence-electron chi connectivity index (χ4n) is 3.01. The average Bonchev–Trinajstić information content (AvgIpc) is 2.76. The molecule has 0 aliphatic carbocycles. The van der Waals surface area contributed by atoms with E-state index in [1.54, 1.807) is 12.1 Å². The molecule has 110 valence electrons. The minimum Gasteiger partial charge on any atom is -0.508 e. The smallest absolute Gasteiger partial charge is 0.117 e. The Kier molecular flexibility index (Phi) is 3.74. The van der Waals surface area contributed by atoms with Crippen molar-refractivity contribution in [1.29, 1.82) is 0 Å². The first-order chi connectivity index (χ1) is 10.2. The molecular formula is C18H21NO2. The molecule has 0 spiro atoms. The first-order valence-corrected chi connectivity index (χ1v) is 7.64. The van der Waals surface area contributed by atoms with Gasteiger partial charge in [0, 0.05) is 29.4 Å². The highest BCUT2D eigenvalue weighted by atomic mass is 16.3. The van der Waals surface area contributed by atoms with Gasteiger partial charge in [0.1, 0.15) is 11.5 Å². The van der Waals surface area contributed by atoms with E-state index in [0.717, 1.165) is 34.8 Å². The fourth-order valence-corrected chi connectivity index (χ4v) is 3.01. The molecule has 0 saturated carbocycles. The van der Waals surface area contributed by atoms with Gasteiger partial charge in [0.05, 0.1) is 11.0 Å². The van der Waals surface area contributed by atoms with Crippen LogP contribution in [0.15, 0.2) is 36.4 Å². The van der Waals surface area contributed by atoms with Gasteiger partial charge in [-0.2, -0.15) is 0 Å². The van der Waals surface area contributed by atoms with E-state index in [2.05, 4.69) is 11.5 Å². The first kappa shape index (κ1) is 13.8. The number of phenolic OH excluding ortho intramolecular Hbond substituents is 2. The third-order valence-corrected chi connectivity index (χ3v) is 4.07. The number of hydrogen-bond donors (Lipinski definition) is 2. The Bertz CT molecular complexity index is 714. The van der Waals surface area contributed by atoms with Crippen molar-refractivity contribution >= 4 is 21.8 Å². The molecule has 0 amide bonds. The molecule has 0 fully saturated rings. The number of hydrogen-bond acceptors (Lipinski definition) is 2. The van der Waals surface area contributed by atoms with Crippen LogP contribution in [0.5, 0.6) is 11.5 Å². The van der Waals surface area contributed by atoms with Crippen LogP contribution >= 0.6 is 0 Å². The van der Waals surface area contributed by atoms with Crippen molar-refractivity contribution in [3.05, 3.63) is 36.4 Å². The first-order valence-electron chi connectivity index (χ1n) is 7.64. The molecule has 0 bridgehead atoms. The van der Waals surface area contributed by atoms with Gasteiger partial charge in [0.2, 0.25) is 0 Å². The second kappa shape index (κ2) is 5.68. The third kappa shape index (κ3) is 2.56. The zero-order valence-corrected chi connectivity index (χ0v) is 12.3. The van der Waals surface area contributed by atoms with Gasteiger partial charge in [-0.1, -0.05) is 26.2 Å². The van der Waals surface area contributed by atoms with Crippen molar-refractivity contribution in [2.45, 2.75) is 39.2 Å². The van der Waals surface area contributed by atoms with E-state index in [4.69, 9.17) is 0 Å². The highest BCUT2D eigenvalue weighted by Gasteiger charge is 2.11. The van der Waals surface area contributed by atoms with Gasteiger partial charge in [-0.15, -0.1) is 0 Å². The van der Waals surface area contributed by atoms with Gasteiger partial charge in [-0.25, -0.2) is 0 Å². The summed E-state index contributed by atoms with van der Waals surface area (Å²) in [5.74, 6) is 0.564. The Labute approximate surface area is 124 Å². The molecule has 1 aromatic heterocycles. The molecule has 2 aromatic carbocycles. The summed E-state index contributed by atoms with van der Waals surface area (Å²) in [5, 5.41) is 21.8. The normalized spacial score (nSPS) is 11.5. The van der Waals surface area contributed by atoms with E-state index in [0.29, 0.717) is 0 Å². The summed E-state index contributed by atoms with van der Waals surface area (Å²) >= 11 is 0. The minimum absolute atomic E-state index is 0.282. The summed E-state index contributed by atoms with van der Waals surface area (Å²) in [6, 6.07) is 11.0. The quantitative estimate of drug-likeness (QED) is 0.661. The predicted molar refractivity (Wildman–Crippen MR) is 86.9 cm³/mol. The van der Waals surface area contributed by atoms with Crippen LogP contribution in [-0.4, -0.2) is 14.8 Å². The molecule has 1 heterocycles. The molecule has 0 aliphatic heterocycles. The zero-order chi connectivity index (χ0) is 14.8. The van der Waals surface area contributed by atoms with Crippen LogP contribution < -0.4 is 0 Å². The number of unbranched alkanes of at least 4 members (excludes halogenated alkanes) is 3. The molecule has 2 N–H and O–H groups in total. The van der Waals surface area contributed by atoms with E-state index in [1.807, 2.05) is 24.3 Å². The molecule has 3 heteroatoms. The summed E-state index contributed by atoms with van der Waals surface area (Å²) in [5.41, 5.74) is 2.07. The molecule has 0 radical (unpaired) electrons. The lowest BCUT2D eigenvalue weighted by Gasteiger charge is -2.07. The monoisotopic (exact) mass is 283 g/mol. The molecule has 0 aliphatic rings. The maximum absolute atomic E-state index is 9.78. The summed E-state index contributed by atoms with van der Waals surface area (Å²) in [6.45, 7) is 3.11. The predicted octanol–water partition coefficient (Wildman–Crippen LogP) is 4.79. The van der Waals surface area contributed by atoms with Crippen LogP contribution in [0.25, 0.3) is 21.8 Å². The molecule has 0 saturated heterocycles. The van der Waals surface area contributed by atoms with Crippen LogP contribution in [0.2, 0.25) is 0 Å². The number of benzene rings is 2. The molecule has 0 atom stereocenters.